The standard InChI is InChI=1S/C22H32N2O/c1-3-4-5-6-7-8-9-12-17-23-24-22(2,25)21-16-15-19-13-10-11-14-20(19)18-21/h10-11,13-16,18,25H,3-9,12,17H2,1-2H3. The maximum Gasteiger partial charge on any atom is 0.199 e. The monoisotopic (exact) mass is 340 g/mol. The number of rotatable bonds is 11. The molecule has 0 aromatic heterocycles. The Balaban J connectivity index is 1.75. The third kappa shape index (κ3) is 6.58. The zero-order valence-corrected chi connectivity index (χ0v) is 15.7. The van der Waals surface area contributed by atoms with Crippen molar-refractivity contribution < 1.29 is 5.11 Å². The predicted octanol–water partition coefficient (Wildman–Crippen LogP) is 6.60. The molecule has 0 radical (unpaired) electrons. The van der Waals surface area contributed by atoms with Gasteiger partial charge in [-0.15, -0.1) is 0 Å². The van der Waals surface area contributed by atoms with Crippen LogP contribution in [0.5, 0.6) is 0 Å². The predicted molar refractivity (Wildman–Crippen MR) is 106 cm³/mol. The minimum absolute atomic E-state index is 0.693. The van der Waals surface area contributed by atoms with Crippen LogP contribution in [0.25, 0.3) is 10.8 Å². The normalized spacial score (nSPS) is 14.2. The fourth-order valence-corrected chi connectivity index (χ4v) is 3.05. The van der Waals surface area contributed by atoms with Crippen LogP contribution in [0, 0.1) is 0 Å². The van der Waals surface area contributed by atoms with Crippen molar-refractivity contribution in [1.29, 1.82) is 0 Å². The van der Waals surface area contributed by atoms with E-state index in [4.69, 9.17) is 0 Å². The topological polar surface area (TPSA) is 45.0 Å². The van der Waals surface area contributed by atoms with Gasteiger partial charge in [0, 0.05) is 5.56 Å². The van der Waals surface area contributed by atoms with Crippen LogP contribution in [-0.4, -0.2) is 11.7 Å². The van der Waals surface area contributed by atoms with Crippen LogP contribution in [-0.2, 0) is 5.72 Å². The molecule has 25 heavy (non-hydrogen) atoms. The van der Waals surface area contributed by atoms with Gasteiger partial charge in [-0.2, -0.15) is 10.2 Å². The summed E-state index contributed by atoms with van der Waals surface area (Å²) in [5, 5.41) is 21.3. The van der Waals surface area contributed by atoms with Crippen LogP contribution in [0.15, 0.2) is 52.7 Å². The molecule has 1 atom stereocenters. The minimum atomic E-state index is -1.26. The fourth-order valence-electron chi connectivity index (χ4n) is 3.05. The Morgan fingerprint density at radius 2 is 1.48 bits per heavy atom. The lowest BCUT2D eigenvalue weighted by Gasteiger charge is -2.18. The molecule has 3 heteroatoms. The molecule has 0 aliphatic rings. The first kappa shape index (κ1) is 19.6. The second-order valence-corrected chi connectivity index (χ2v) is 7.02. The summed E-state index contributed by atoms with van der Waals surface area (Å²) in [7, 11) is 0. The summed E-state index contributed by atoms with van der Waals surface area (Å²) in [6, 6.07) is 14.1. The van der Waals surface area contributed by atoms with Gasteiger partial charge in [0.25, 0.3) is 0 Å². The van der Waals surface area contributed by atoms with Crippen molar-refractivity contribution >= 4 is 10.8 Å². The zero-order chi connectivity index (χ0) is 18.0. The highest BCUT2D eigenvalue weighted by atomic mass is 16.3. The first-order valence-corrected chi connectivity index (χ1v) is 9.74. The van der Waals surface area contributed by atoms with Crippen LogP contribution < -0.4 is 0 Å². The molecule has 1 unspecified atom stereocenters. The molecular weight excluding hydrogens is 308 g/mol. The van der Waals surface area contributed by atoms with Gasteiger partial charge in [-0.1, -0.05) is 88.3 Å². The van der Waals surface area contributed by atoms with Gasteiger partial charge in [-0.05, 0) is 30.2 Å². The Hall–Kier alpha value is -1.74. The third-order valence-corrected chi connectivity index (χ3v) is 4.67. The van der Waals surface area contributed by atoms with Crippen LogP contribution in [0.2, 0.25) is 0 Å². The Kier molecular flexibility index (Phi) is 8.07. The van der Waals surface area contributed by atoms with Gasteiger partial charge >= 0.3 is 0 Å². The number of hydrogen-bond donors (Lipinski definition) is 1. The SMILES string of the molecule is CCCCCCCCCCN=NC(C)(O)c1ccc2ccccc2c1. The van der Waals surface area contributed by atoms with Crippen LogP contribution in [0.3, 0.4) is 0 Å². The molecule has 0 saturated carbocycles. The molecule has 0 fully saturated rings. The largest absolute Gasteiger partial charge is 0.364 e. The highest BCUT2D eigenvalue weighted by Gasteiger charge is 2.22. The molecule has 3 nitrogen and oxygen atoms in total. The van der Waals surface area contributed by atoms with Gasteiger partial charge in [0.15, 0.2) is 5.72 Å². The summed E-state index contributed by atoms with van der Waals surface area (Å²) in [4.78, 5) is 0. The summed E-state index contributed by atoms with van der Waals surface area (Å²) in [6.45, 7) is 4.64. The van der Waals surface area contributed by atoms with Crippen LogP contribution in [0.4, 0.5) is 0 Å². The van der Waals surface area contributed by atoms with Gasteiger partial charge < -0.3 is 5.11 Å². The van der Waals surface area contributed by atoms with E-state index in [1.54, 1.807) is 6.92 Å². The van der Waals surface area contributed by atoms with Crippen molar-refractivity contribution in [2.24, 2.45) is 10.2 Å². The van der Waals surface area contributed by atoms with E-state index >= 15 is 0 Å². The maximum absolute atomic E-state index is 10.6. The number of azo groups is 1. The Labute approximate surface area is 152 Å². The molecule has 2 rings (SSSR count). The van der Waals surface area contributed by atoms with Gasteiger partial charge in [-0.3, -0.25) is 0 Å². The molecule has 0 heterocycles. The number of hydrogen-bond acceptors (Lipinski definition) is 3. The first-order chi connectivity index (χ1) is 12.1. The quantitative estimate of drug-likeness (QED) is 0.363. The molecule has 0 bridgehead atoms. The summed E-state index contributed by atoms with van der Waals surface area (Å²) in [6.07, 6.45) is 10.2. The summed E-state index contributed by atoms with van der Waals surface area (Å²) in [5.41, 5.74) is -0.477. The molecule has 0 saturated heterocycles. The smallest absolute Gasteiger partial charge is 0.199 e. The van der Waals surface area contributed by atoms with E-state index in [-0.39, 0.29) is 0 Å². The second-order valence-electron chi connectivity index (χ2n) is 7.02. The van der Waals surface area contributed by atoms with Crippen molar-refractivity contribution in [3.8, 4) is 0 Å². The van der Waals surface area contributed by atoms with Crippen LogP contribution >= 0.6 is 0 Å². The first-order valence-electron chi connectivity index (χ1n) is 9.74. The maximum atomic E-state index is 10.6. The van der Waals surface area contributed by atoms with Crippen molar-refractivity contribution in [3.05, 3.63) is 48.0 Å². The Morgan fingerprint density at radius 3 is 2.20 bits per heavy atom. The van der Waals surface area contributed by atoms with Crippen molar-refractivity contribution in [2.75, 3.05) is 6.54 Å². The number of benzene rings is 2. The van der Waals surface area contributed by atoms with E-state index < -0.39 is 5.72 Å². The lowest BCUT2D eigenvalue weighted by molar-refractivity contribution is 0.0584. The number of nitrogens with zero attached hydrogens (tertiary/aromatic N) is 2. The molecule has 136 valence electrons. The summed E-state index contributed by atoms with van der Waals surface area (Å²) in [5.74, 6) is 0. The highest BCUT2D eigenvalue weighted by Crippen LogP contribution is 2.26. The van der Waals surface area contributed by atoms with E-state index in [2.05, 4.69) is 23.2 Å². The average Bonchev–Trinajstić information content (AvgIpc) is 2.63. The zero-order valence-electron chi connectivity index (χ0n) is 15.7. The molecule has 0 spiro atoms. The number of fused-ring (bicyclic) bond motifs is 1. The van der Waals surface area contributed by atoms with E-state index in [1.165, 1.54) is 44.9 Å². The van der Waals surface area contributed by atoms with E-state index in [0.29, 0.717) is 6.54 Å². The van der Waals surface area contributed by atoms with Crippen molar-refractivity contribution in [1.82, 2.24) is 0 Å². The summed E-state index contributed by atoms with van der Waals surface area (Å²) < 4.78 is 0. The van der Waals surface area contributed by atoms with Gasteiger partial charge in [0.1, 0.15) is 0 Å². The van der Waals surface area contributed by atoms with E-state index in [0.717, 1.165) is 22.8 Å². The Morgan fingerprint density at radius 1 is 0.840 bits per heavy atom. The van der Waals surface area contributed by atoms with Gasteiger partial charge in [0.2, 0.25) is 0 Å². The van der Waals surface area contributed by atoms with E-state index in [9.17, 15) is 5.11 Å². The van der Waals surface area contributed by atoms with Crippen molar-refractivity contribution in [2.45, 2.75) is 70.9 Å². The van der Waals surface area contributed by atoms with Crippen LogP contribution in [0.1, 0.15) is 70.8 Å². The third-order valence-electron chi connectivity index (χ3n) is 4.67. The average molecular weight is 341 g/mol. The fraction of sp³-hybridized carbons (Fsp3) is 0.545. The number of aliphatic hydroxyl groups is 1. The van der Waals surface area contributed by atoms with Gasteiger partial charge in [-0.25, -0.2) is 0 Å². The Bertz CT molecular complexity index is 664. The van der Waals surface area contributed by atoms with Crippen molar-refractivity contribution in [3.63, 3.8) is 0 Å². The molecule has 1 N–H and O–H groups in total. The lowest BCUT2D eigenvalue weighted by Crippen LogP contribution is -2.17. The molecule has 2 aromatic rings. The lowest BCUT2D eigenvalue weighted by atomic mass is 10.0. The molecule has 0 aliphatic heterocycles. The molecular formula is C22H32N2O. The summed E-state index contributed by atoms with van der Waals surface area (Å²) >= 11 is 0. The molecule has 0 aliphatic carbocycles. The minimum Gasteiger partial charge on any atom is -0.364 e. The molecule has 2 aromatic carbocycles. The highest BCUT2D eigenvalue weighted by molar-refractivity contribution is 5.83. The van der Waals surface area contributed by atoms with Gasteiger partial charge in [0.05, 0.1) is 6.54 Å². The number of unbranched alkanes of at least 4 members (excludes halogenated alkanes) is 7. The van der Waals surface area contributed by atoms with E-state index in [1.807, 2.05) is 36.4 Å². The second kappa shape index (κ2) is 10.3. The molecule has 0 amide bonds.